The zero-order valence-electron chi connectivity index (χ0n) is 11.5. The zero-order valence-corrected chi connectivity index (χ0v) is 18.7. The zero-order chi connectivity index (χ0) is 12.4. The summed E-state index contributed by atoms with van der Waals surface area (Å²) in [5, 5.41) is 0. The van der Waals surface area contributed by atoms with Crippen molar-refractivity contribution < 1.29 is 46.1 Å². The van der Waals surface area contributed by atoms with Crippen molar-refractivity contribution in [2.24, 2.45) is 0 Å². The third kappa shape index (κ3) is 19.3. The summed E-state index contributed by atoms with van der Waals surface area (Å²) in [5.74, 6) is 4.79. The first-order valence-corrected chi connectivity index (χ1v) is 20.1. The first-order chi connectivity index (χ1) is 7.52. The van der Waals surface area contributed by atoms with Crippen LogP contribution in [0.1, 0.15) is 26.7 Å². The van der Waals surface area contributed by atoms with Gasteiger partial charge in [0.25, 0.3) is 0 Å². The van der Waals surface area contributed by atoms with Gasteiger partial charge in [0.1, 0.15) is 0 Å². The minimum Gasteiger partial charge on any atom is -1.00 e. The van der Waals surface area contributed by atoms with Gasteiger partial charge in [0.15, 0.2) is 0 Å². The van der Waals surface area contributed by atoms with Crippen molar-refractivity contribution in [3.05, 3.63) is 47.6 Å². The van der Waals surface area contributed by atoms with Crippen LogP contribution in [-0.2, 0) is 21.3 Å². The molecule has 100 valence electrons. The average Bonchev–Trinajstić information content (AvgIpc) is 2.78. The molecule has 0 amide bonds. The van der Waals surface area contributed by atoms with Gasteiger partial charge in [0, 0.05) is 0 Å². The molecule has 0 aromatic heterocycles. The summed E-state index contributed by atoms with van der Waals surface area (Å²) >= 11 is 1.52. The molecule has 0 heterocycles. The fourth-order valence-corrected chi connectivity index (χ4v) is 0.998. The molecular weight excluding hydrogens is 490 g/mol. The molecule has 2 aliphatic rings. The normalized spacial score (nSPS) is 13.9. The molecule has 2 aliphatic carbocycles. The van der Waals surface area contributed by atoms with Gasteiger partial charge in [0.05, 0.1) is 0 Å². The van der Waals surface area contributed by atoms with Crippen molar-refractivity contribution in [1.82, 2.24) is 0 Å². The SMILES string of the molecule is CC1=CC[C-]=C1.CC1=CC[C-]=C1.[CH3][Ge]([CH3])=[Hf+2].[Cl-].[Cl-]. The van der Waals surface area contributed by atoms with E-state index in [1.54, 1.807) is 0 Å². The van der Waals surface area contributed by atoms with Crippen molar-refractivity contribution in [3.8, 4) is 0 Å². The summed E-state index contributed by atoms with van der Waals surface area (Å²) in [6, 6.07) is 0. The van der Waals surface area contributed by atoms with Crippen LogP contribution in [0.25, 0.3) is 0 Å². The third-order valence-corrected chi connectivity index (χ3v) is 1.74. The monoisotopic (exact) mass is 512 g/mol. The van der Waals surface area contributed by atoms with E-state index in [1.165, 1.54) is 32.4 Å². The van der Waals surface area contributed by atoms with Crippen molar-refractivity contribution in [2.75, 3.05) is 0 Å². The maximum atomic E-state index is 3.05. The van der Waals surface area contributed by atoms with Gasteiger partial charge in [0.2, 0.25) is 0 Å². The van der Waals surface area contributed by atoms with Crippen LogP contribution >= 0.6 is 0 Å². The quantitative estimate of drug-likeness (QED) is 0.266. The number of allylic oxidation sites excluding steroid dienone is 8. The molecule has 0 aromatic rings. The summed E-state index contributed by atoms with van der Waals surface area (Å²) in [6.45, 7) is 4.17. The smallest absolute Gasteiger partial charge is 1.00 e. The molecule has 0 N–H and O–H groups in total. The number of hydrogen-bond donors (Lipinski definition) is 0. The molecule has 0 spiro atoms. The topological polar surface area (TPSA) is 0 Å². The largest absolute Gasteiger partial charge is 1.00 e. The van der Waals surface area contributed by atoms with E-state index in [1.807, 2.05) is 12.2 Å². The summed E-state index contributed by atoms with van der Waals surface area (Å²) < 4.78 is 0. The molecule has 0 bridgehead atoms. The maximum Gasteiger partial charge on any atom is -1.00 e. The Kier molecular flexibility index (Phi) is 21.3. The fraction of sp³-hybridized carbons (Fsp3) is 0.429. The molecular formula is C14H20Cl2GeHf-2. The van der Waals surface area contributed by atoms with Crippen LogP contribution in [0.3, 0.4) is 0 Å². The van der Waals surface area contributed by atoms with Gasteiger partial charge in [-0.15, -0.1) is 26.7 Å². The standard InChI is InChI=1S/2C6H7.C2H6Ge.2ClH.Hf/c2*1-6-4-2-3-5-6;1-3-2;;;/h2*4-5H,2H2,1H3;1-2H3;2*1H;/q2*-1;;;;+2/p-2. The Labute approximate surface area is 141 Å². The van der Waals surface area contributed by atoms with Crippen LogP contribution in [0.2, 0.25) is 11.5 Å². The first kappa shape index (κ1) is 24.0. The Morgan fingerprint density at radius 1 is 0.944 bits per heavy atom. The van der Waals surface area contributed by atoms with E-state index in [0.717, 1.165) is 12.8 Å². The number of rotatable bonds is 0. The van der Waals surface area contributed by atoms with Crippen LogP contribution in [0.15, 0.2) is 35.5 Å². The molecule has 0 nitrogen and oxygen atoms in total. The number of halogens is 2. The molecule has 0 saturated heterocycles. The molecule has 18 heavy (non-hydrogen) atoms. The van der Waals surface area contributed by atoms with E-state index >= 15 is 0 Å². The summed E-state index contributed by atoms with van der Waals surface area (Å²) in [6.07, 6.45) is 16.5. The van der Waals surface area contributed by atoms with Gasteiger partial charge >= 0.3 is 42.8 Å². The predicted octanol–water partition coefficient (Wildman–Crippen LogP) is -1.82. The van der Waals surface area contributed by atoms with Crippen molar-refractivity contribution >= 4 is 10.1 Å². The molecule has 0 aromatic carbocycles. The summed E-state index contributed by atoms with van der Waals surface area (Å²) in [4.78, 5) is 0. The van der Waals surface area contributed by atoms with E-state index in [2.05, 4.69) is 49.7 Å². The fourth-order valence-electron chi connectivity index (χ4n) is 0.998. The minimum absolute atomic E-state index is 0. The Hall–Kier alpha value is 0.953. The minimum atomic E-state index is -0.194. The second kappa shape index (κ2) is 16.0. The molecule has 4 heteroatoms. The molecule has 0 saturated carbocycles. The van der Waals surface area contributed by atoms with Gasteiger partial charge in [-0.2, -0.15) is 12.2 Å². The maximum absolute atomic E-state index is 3.05. The van der Waals surface area contributed by atoms with E-state index in [4.69, 9.17) is 0 Å². The van der Waals surface area contributed by atoms with Crippen molar-refractivity contribution in [2.45, 2.75) is 38.2 Å². The van der Waals surface area contributed by atoms with Gasteiger partial charge < -0.3 is 24.8 Å². The van der Waals surface area contributed by atoms with Crippen LogP contribution in [0, 0.1) is 12.2 Å². The molecule has 0 fully saturated rings. The van der Waals surface area contributed by atoms with Gasteiger partial charge in [-0.1, -0.05) is 0 Å². The van der Waals surface area contributed by atoms with Crippen LogP contribution < -0.4 is 24.8 Å². The van der Waals surface area contributed by atoms with Crippen molar-refractivity contribution in [3.63, 3.8) is 0 Å². The van der Waals surface area contributed by atoms with Gasteiger partial charge in [-0.25, -0.2) is 23.3 Å². The molecule has 0 aliphatic heterocycles. The molecule has 2 rings (SSSR count). The second-order valence-electron chi connectivity index (χ2n) is 4.00. The summed E-state index contributed by atoms with van der Waals surface area (Å²) in [5.41, 5.74) is 2.69. The predicted molar refractivity (Wildman–Crippen MR) is 69.9 cm³/mol. The Bertz CT molecular complexity index is 304. The van der Waals surface area contributed by atoms with E-state index in [9.17, 15) is 0 Å². The Morgan fingerprint density at radius 2 is 1.22 bits per heavy atom. The number of hydrogen-bond acceptors (Lipinski definition) is 0. The average molecular weight is 510 g/mol. The molecule has 0 radical (unpaired) electrons. The Morgan fingerprint density at radius 3 is 1.28 bits per heavy atom. The van der Waals surface area contributed by atoms with Crippen LogP contribution in [-0.4, -0.2) is 10.1 Å². The van der Waals surface area contributed by atoms with Crippen LogP contribution in [0.4, 0.5) is 0 Å². The van der Waals surface area contributed by atoms with E-state index in [0.29, 0.717) is 0 Å². The molecule has 0 unspecified atom stereocenters. The van der Waals surface area contributed by atoms with Crippen LogP contribution in [0.5, 0.6) is 0 Å². The van der Waals surface area contributed by atoms with E-state index in [-0.39, 0.29) is 34.9 Å². The third-order valence-electron chi connectivity index (χ3n) is 1.74. The first-order valence-electron chi connectivity index (χ1n) is 5.51. The van der Waals surface area contributed by atoms with Crippen molar-refractivity contribution in [1.29, 1.82) is 0 Å². The Balaban J connectivity index is -0.000000182. The summed E-state index contributed by atoms with van der Waals surface area (Å²) in [7, 11) is -0.194. The van der Waals surface area contributed by atoms with Gasteiger partial charge in [-0.3, -0.25) is 12.2 Å². The molecule has 0 atom stereocenters. The second-order valence-corrected chi connectivity index (χ2v) is 26.9. The van der Waals surface area contributed by atoms with Gasteiger partial charge in [-0.05, 0) is 0 Å². The van der Waals surface area contributed by atoms with E-state index < -0.39 is 0 Å².